The SMILES string of the molecule is CC1CCC2(CC1C)CC2CBr. The molecule has 2 aliphatic rings. The number of rotatable bonds is 1. The summed E-state index contributed by atoms with van der Waals surface area (Å²) in [4.78, 5) is 0. The molecule has 12 heavy (non-hydrogen) atoms. The van der Waals surface area contributed by atoms with Crippen LogP contribution in [0.15, 0.2) is 0 Å². The van der Waals surface area contributed by atoms with E-state index in [1.54, 1.807) is 0 Å². The third kappa shape index (κ3) is 1.34. The van der Waals surface area contributed by atoms with Gasteiger partial charge in [-0.3, -0.25) is 0 Å². The molecule has 0 bridgehead atoms. The Kier molecular flexibility index (Phi) is 2.27. The molecule has 0 saturated heterocycles. The molecule has 0 aromatic heterocycles. The molecule has 0 aromatic carbocycles. The van der Waals surface area contributed by atoms with E-state index in [1.165, 1.54) is 31.0 Å². The fourth-order valence-corrected chi connectivity index (χ4v) is 3.87. The molecule has 0 nitrogen and oxygen atoms in total. The van der Waals surface area contributed by atoms with Gasteiger partial charge in [0.25, 0.3) is 0 Å². The van der Waals surface area contributed by atoms with Gasteiger partial charge in [0.05, 0.1) is 0 Å². The predicted octanol–water partition coefficient (Wildman–Crippen LogP) is 3.84. The highest BCUT2D eigenvalue weighted by Gasteiger charge is 2.54. The topological polar surface area (TPSA) is 0 Å². The predicted molar refractivity (Wildman–Crippen MR) is 56.5 cm³/mol. The second-order valence-corrected chi connectivity index (χ2v) is 5.76. The van der Waals surface area contributed by atoms with E-state index < -0.39 is 0 Å². The second kappa shape index (κ2) is 3.01. The summed E-state index contributed by atoms with van der Waals surface area (Å²) >= 11 is 3.62. The van der Waals surface area contributed by atoms with Crippen LogP contribution in [0.5, 0.6) is 0 Å². The van der Waals surface area contributed by atoms with Crippen molar-refractivity contribution in [3.63, 3.8) is 0 Å². The third-order valence-corrected chi connectivity index (χ3v) is 5.12. The molecule has 0 heterocycles. The Balaban J connectivity index is 1.96. The lowest BCUT2D eigenvalue weighted by atomic mass is 9.73. The molecule has 0 radical (unpaired) electrons. The molecule has 2 rings (SSSR count). The summed E-state index contributed by atoms with van der Waals surface area (Å²) in [6, 6.07) is 0. The van der Waals surface area contributed by atoms with Gasteiger partial charge in [-0.1, -0.05) is 29.8 Å². The lowest BCUT2D eigenvalue weighted by Gasteiger charge is -2.33. The molecular formula is C11H19Br. The van der Waals surface area contributed by atoms with Crippen molar-refractivity contribution in [2.75, 3.05) is 5.33 Å². The van der Waals surface area contributed by atoms with Crippen molar-refractivity contribution in [1.29, 1.82) is 0 Å². The van der Waals surface area contributed by atoms with Crippen LogP contribution in [-0.4, -0.2) is 5.33 Å². The first-order chi connectivity index (χ1) is 5.68. The summed E-state index contributed by atoms with van der Waals surface area (Å²) in [6.45, 7) is 4.86. The maximum atomic E-state index is 3.62. The van der Waals surface area contributed by atoms with E-state index in [4.69, 9.17) is 0 Å². The monoisotopic (exact) mass is 230 g/mol. The van der Waals surface area contributed by atoms with Crippen LogP contribution in [0.3, 0.4) is 0 Å². The van der Waals surface area contributed by atoms with E-state index in [1.807, 2.05) is 0 Å². The van der Waals surface area contributed by atoms with Crippen molar-refractivity contribution >= 4 is 15.9 Å². The molecule has 1 spiro atoms. The van der Waals surface area contributed by atoms with Crippen LogP contribution in [-0.2, 0) is 0 Å². The van der Waals surface area contributed by atoms with Gasteiger partial charge in [-0.2, -0.15) is 0 Å². The largest absolute Gasteiger partial charge is 0.0925 e. The standard InChI is InChI=1S/C11H19Br/c1-8-3-4-11(5-9(8)2)6-10(11)7-12/h8-10H,3-7H2,1-2H3. The number of alkyl halides is 1. The molecule has 4 unspecified atom stereocenters. The van der Waals surface area contributed by atoms with Gasteiger partial charge < -0.3 is 0 Å². The Labute approximate surface area is 84.2 Å². The van der Waals surface area contributed by atoms with Gasteiger partial charge >= 0.3 is 0 Å². The summed E-state index contributed by atoms with van der Waals surface area (Å²) in [5.74, 6) is 2.97. The first-order valence-corrected chi connectivity index (χ1v) is 6.36. The fourth-order valence-electron chi connectivity index (χ4n) is 2.95. The van der Waals surface area contributed by atoms with E-state index in [2.05, 4.69) is 29.8 Å². The smallest absolute Gasteiger partial charge is 0.00651 e. The average Bonchev–Trinajstić information content (AvgIpc) is 2.73. The lowest BCUT2D eigenvalue weighted by Crippen LogP contribution is -2.23. The molecule has 70 valence electrons. The van der Waals surface area contributed by atoms with Crippen molar-refractivity contribution in [2.45, 2.75) is 39.5 Å². The molecule has 0 N–H and O–H groups in total. The van der Waals surface area contributed by atoms with Crippen molar-refractivity contribution in [3.05, 3.63) is 0 Å². The zero-order chi connectivity index (χ0) is 8.77. The van der Waals surface area contributed by atoms with Crippen LogP contribution < -0.4 is 0 Å². The Morgan fingerprint density at radius 3 is 2.50 bits per heavy atom. The summed E-state index contributed by atoms with van der Waals surface area (Å²) in [6.07, 6.45) is 6.00. The van der Waals surface area contributed by atoms with Gasteiger partial charge in [-0.05, 0) is 48.9 Å². The zero-order valence-electron chi connectivity index (χ0n) is 8.15. The second-order valence-electron chi connectivity index (χ2n) is 5.12. The molecule has 0 aromatic rings. The Bertz CT molecular complexity index is 178. The average molecular weight is 231 g/mol. The van der Waals surface area contributed by atoms with Crippen molar-refractivity contribution in [3.8, 4) is 0 Å². The molecule has 0 amide bonds. The lowest BCUT2D eigenvalue weighted by molar-refractivity contribution is 0.182. The van der Waals surface area contributed by atoms with Crippen LogP contribution in [0.2, 0.25) is 0 Å². The maximum absolute atomic E-state index is 3.62. The van der Waals surface area contributed by atoms with Crippen LogP contribution in [0.1, 0.15) is 39.5 Å². The molecule has 0 aliphatic heterocycles. The van der Waals surface area contributed by atoms with Gasteiger partial charge in [-0.15, -0.1) is 0 Å². The van der Waals surface area contributed by atoms with Crippen molar-refractivity contribution < 1.29 is 0 Å². The maximum Gasteiger partial charge on any atom is 0.00651 e. The summed E-state index contributed by atoms with van der Waals surface area (Å²) in [5.41, 5.74) is 0.801. The first kappa shape index (κ1) is 9.05. The minimum absolute atomic E-state index is 0.801. The Morgan fingerprint density at radius 2 is 2.00 bits per heavy atom. The first-order valence-electron chi connectivity index (χ1n) is 5.24. The zero-order valence-corrected chi connectivity index (χ0v) is 9.73. The van der Waals surface area contributed by atoms with Gasteiger partial charge in [0, 0.05) is 5.33 Å². The van der Waals surface area contributed by atoms with Crippen LogP contribution in [0.25, 0.3) is 0 Å². The number of hydrogen-bond acceptors (Lipinski definition) is 0. The van der Waals surface area contributed by atoms with Crippen molar-refractivity contribution in [2.24, 2.45) is 23.2 Å². The molecule has 2 aliphatic carbocycles. The Morgan fingerprint density at radius 1 is 1.25 bits per heavy atom. The normalized spacial score (nSPS) is 52.8. The van der Waals surface area contributed by atoms with E-state index in [9.17, 15) is 0 Å². The summed E-state index contributed by atoms with van der Waals surface area (Å²) in [7, 11) is 0. The number of halogens is 1. The van der Waals surface area contributed by atoms with Gasteiger partial charge in [0.15, 0.2) is 0 Å². The number of hydrogen-bond donors (Lipinski definition) is 0. The highest BCUT2D eigenvalue weighted by Crippen LogP contribution is 2.63. The summed E-state index contributed by atoms with van der Waals surface area (Å²) in [5, 5.41) is 1.24. The molecule has 4 atom stereocenters. The van der Waals surface area contributed by atoms with E-state index in [0.717, 1.165) is 23.2 Å². The quantitative estimate of drug-likeness (QED) is 0.601. The van der Waals surface area contributed by atoms with Gasteiger partial charge in [-0.25, -0.2) is 0 Å². The minimum atomic E-state index is 0.801. The fraction of sp³-hybridized carbons (Fsp3) is 1.00. The Hall–Kier alpha value is 0.480. The molecule has 2 fully saturated rings. The van der Waals surface area contributed by atoms with E-state index in [-0.39, 0.29) is 0 Å². The molecular weight excluding hydrogens is 212 g/mol. The highest BCUT2D eigenvalue weighted by atomic mass is 79.9. The molecule has 2 saturated carbocycles. The molecule has 1 heteroatoms. The van der Waals surface area contributed by atoms with E-state index in [0.29, 0.717) is 0 Å². The van der Waals surface area contributed by atoms with Crippen molar-refractivity contribution in [1.82, 2.24) is 0 Å². The van der Waals surface area contributed by atoms with Crippen LogP contribution in [0, 0.1) is 23.2 Å². The van der Waals surface area contributed by atoms with E-state index >= 15 is 0 Å². The van der Waals surface area contributed by atoms with Crippen LogP contribution >= 0.6 is 15.9 Å². The third-order valence-electron chi connectivity index (χ3n) is 4.34. The summed E-state index contributed by atoms with van der Waals surface area (Å²) < 4.78 is 0. The van der Waals surface area contributed by atoms with Gasteiger partial charge in [0.2, 0.25) is 0 Å². The minimum Gasteiger partial charge on any atom is -0.0925 e. The van der Waals surface area contributed by atoms with Crippen LogP contribution in [0.4, 0.5) is 0 Å². The highest BCUT2D eigenvalue weighted by molar-refractivity contribution is 9.09. The van der Waals surface area contributed by atoms with Gasteiger partial charge in [0.1, 0.15) is 0 Å².